The number of ether oxygens (including phenoxy) is 1. The summed E-state index contributed by atoms with van der Waals surface area (Å²) in [6, 6.07) is 25.9. The van der Waals surface area contributed by atoms with Gasteiger partial charge in [0.2, 0.25) is 0 Å². The maximum absolute atomic E-state index is 7.91. The topological polar surface area (TPSA) is 36.3 Å². The van der Waals surface area contributed by atoms with E-state index in [0.29, 0.717) is 5.75 Å². The zero-order chi connectivity index (χ0) is 21.7. The quantitative estimate of drug-likeness (QED) is 0.173. The van der Waals surface area contributed by atoms with Crippen molar-refractivity contribution in [2.24, 2.45) is 0 Å². The van der Waals surface area contributed by atoms with E-state index in [2.05, 4.69) is 25.7 Å². The molecule has 6 heteroatoms. The molecule has 0 saturated heterocycles. The summed E-state index contributed by atoms with van der Waals surface area (Å²) in [5.41, 5.74) is 3.51. The summed E-state index contributed by atoms with van der Waals surface area (Å²) < 4.78 is 6.15. The van der Waals surface area contributed by atoms with Crippen molar-refractivity contribution in [2.75, 3.05) is 4.90 Å². The van der Waals surface area contributed by atoms with Crippen LogP contribution in [0.5, 0.6) is 5.75 Å². The zero-order valence-electron chi connectivity index (χ0n) is 17.3. The Labute approximate surface area is 194 Å². The van der Waals surface area contributed by atoms with Gasteiger partial charge < -0.3 is 0 Å². The third-order valence-corrected chi connectivity index (χ3v) is 11.9. The third kappa shape index (κ3) is 5.37. The fourth-order valence-corrected chi connectivity index (χ4v) is 9.37. The summed E-state index contributed by atoms with van der Waals surface area (Å²) in [5.74, 6) is 0.674. The van der Waals surface area contributed by atoms with Crippen LogP contribution in [0, 0.1) is 5.41 Å². The molecule has 0 bridgehead atoms. The Balaban J connectivity index is 2.15. The number of anilines is 2. The van der Waals surface area contributed by atoms with Gasteiger partial charge in [0.1, 0.15) is 0 Å². The van der Waals surface area contributed by atoms with E-state index < -0.39 is 24.0 Å². The molecule has 0 aromatic heterocycles. The summed E-state index contributed by atoms with van der Waals surface area (Å²) in [6.07, 6.45) is 1.32. The van der Waals surface area contributed by atoms with Gasteiger partial charge in [-0.15, -0.1) is 0 Å². The molecule has 154 valence electrons. The monoisotopic (exact) mass is 632 g/mol. The third-order valence-electron chi connectivity index (χ3n) is 4.79. The standard InChI is InChI=1S/C24H25N2O.2ClH.Tl/c1-24(2,3)22-16-10-11-19(17-25)23(22)27-18-26(20-12-6-4-7-13-20)21-14-8-5-9-15-21;;;/h4-18,25H,1-3H3;2*1H;/q;;;+2/p-2. The van der Waals surface area contributed by atoms with Gasteiger partial charge in [-0.2, -0.15) is 0 Å². The minimum absolute atomic E-state index is 0.158. The molecule has 3 aromatic rings. The van der Waals surface area contributed by atoms with Crippen LogP contribution in [-0.4, -0.2) is 30.3 Å². The molecule has 1 N–H and O–H groups in total. The van der Waals surface area contributed by atoms with E-state index in [1.54, 1.807) is 0 Å². The second kappa shape index (κ2) is 10.2. The number of nitrogens with zero attached hydrogens (tertiary/aromatic N) is 1. The summed E-state index contributed by atoms with van der Waals surface area (Å²) in [7, 11) is 13.4. The van der Waals surface area contributed by atoms with Crippen molar-refractivity contribution >= 4 is 54.5 Å². The van der Waals surface area contributed by atoms with Crippen LogP contribution in [0.2, 0.25) is 0 Å². The number of rotatable bonds is 7. The van der Waals surface area contributed by atoms with E-state index in [0.717, 1.165) is 22.5 Å². The van der Waals surface area contributed by atoms with E-state index in [9.17, 15) is 0 Å². The van der Waals surface area contributed by atoms with Crippen molar-refractivity contribution in [1.82, 2.24) is 0 Å². The van der Waals surface area contributed by atoms with Gasteiger partial charge in [-0.3, -0.25) is 0 Å². The first-order chi connectivity index (χ1) is 14.3. The first-order valence-corrected chi connectivity index (χ1v) is 23.5. The van der Waals surface area contributed by atoms with E-state index in [4.69, 9.17) is 26.8 Å². The van der Waals surface area contributed by atoms with Gasteiger partial charge in [-0.25, -0.2) is 0 Å². The van der Waals surface area contributed by atoms with Crippen LogP contribution < -0.4 is 9.64 Å². The molecule has 0 radical (unpaired) electrons. The fraction of sp³-hybridized carbons (Fsp3) is 0.208. The predicted molar refractivity (Wildman–Crippen MR) is 130 cm³/mol. The van der Waals surface area contributed by atoms with Gasteiger partial charge in [-0.1, -0.05) is 0 Å². The van der Waals surface area contributed by atoms with Crippen molar-refractivity contribution in [3.8, 4) is 5.75 Å². The Bertz CT molecular complexity index is 936. The number of hydrogen-bond acceptors (Lipinski definition) is 3. The van der Waals surface area contributed by atoms with Gasteiger partial charge in [0.05, 0.1) is 0 Å². The summed E-state index contributed by atoms with van der Waals surface area (Å²) >= 11 is -3.31. The second-order valence-electron chi connectivity index (χ2n) is 8.00. The Morgan fingerprint density at radius 1 is 0.867 bits per heavy atom. The second-order valence-corrected chi connectivity index (χ2v) is 23.0. The first-order valence-electron chi connectivity index (χ1n) is 9.81. The van der Waals surface area contributed by atoms with E-state index in [-0.39, 0.29) is 5.41 Å². The van der Waals surface area contributed by atoms with Crippen LogP contribution in [0.4, 0.5) is 11.4 Å². The van der Waals surface area contributed by atoms with Crippen LogP contribution in [0.3, 0.4) is 0 Å². The van der Waals surface area contributed by atoms with Gasteiger partial charge in [-0.05, 0) is 0 Å². The van der Waals surface area contributed by atoms with Gasteiger partial charge in [0.25, 0.3) is 0 Å². The molecular formula is C24H25Cl2N2OTl. The number of nitrogens with one attached hydrogen (secondary N) is 1. The summed E-state index contributed by atoms with van der Waals surface area (Å²) in [5, 5.41) is 7.91. The van der Waals surface area contributed by atoms with Gasteiger partial charge in [0, 0.05) is 0 Å². The van der Waals surface area contributed by atoms with Crippen molar-refractivity contribution in [1.29, 1.82) is 5.41 Å². The Morgan fingerprint density at radius 2 is 1.40 bits per heavy atom. The molecule has 0 aliphatic rings. The Morgan fingerprint density at radius 3 is 1.83 bits per heavy atom. The molecule has 30 heavy (non-hydrogen) atoms. The average Bonchev–Trinajstić information content (AvgIpc) is 2.74. The number of para-hydroxylation sites is 3. The van der Waals surface area contributed by atoms with Crippen molar-refractivity contribution < 1.29 is 4.74 Å². The molecule has 0 heterocycles. The van der Waals surface area contributed by atoms with Gasteiger partial charge >= 0.3 is 195 Å². The maximum atomic E-state index is 7.91. The van der Waals surface area contributed by atoms with Crippen LogP contribution in [0.1, 0.15) is 31.9 Å². The van der Waals surface area contributed by atoms with Crippen LogP contribution >= 0.6 is 16.6 Å². The van der Waals surface area contributed by atoms with Crippen LogP contribution in [0.25, 0.3) is 0 Å². The number of hydrogen-bond donors (Lipinski definition) is 1. The number of halogens is 2. The molecule has 0 aliphatic carbocycles. The van der Waals surface area contributed by atoms with E-state index >= 15 is 0 Å². The molecule has 0 saturated carbocycles. The molecule has 0 amide bonds. The molecule has 3 nitrogen and oxygen atoms in total. The molecular weight excluding hydrogens is 608 g/mol. The molecule has 1 unspecified atom stereocenters. The number of benzene rings is 3. The molecule has 3 rings (SSSR count). The molecule has 3 aromatic carbocycles. The van der Waals surface area contributed by atoms with Gasteiger partial charge in [0.15, 0.2) is 0 Å². The van der Waals surface area contributed by atoms with Crippen molar-refractivity contribution in [2.45, 2.75) is 30.0 Å². The first kappa shape index (κ1) is 23.1. The van der Waals surface area contributed by atoms with E-state index in [1.807, 2.05) is 78.9 Å². The summed E-state index contributed by atoms with van der Waals surface area (Å²) in [6.45, 7) is 6.40. The molecule has 0 aliphatic heterocycles. The molecule has 0 fully saturated rings. The fourth-order valence-electron chi connectivity index (χ4n) is 3.35. The normalized spacial score (nSPS) is 12.2. The SMILES string of the molecule is CC(C)(C)c1cccc(C=N)c1O[CH](N(c1ccccc1)c1ccccc1)[Tl]([Cl])[Cl]. The summed E-state index contributed by atoms with van der Waals surface area (Å²) in [4.78, 5) is 2.08. The van der Waals surface area contributed by atoms with Crippen LogP contribution in [-0.2, 0) is 5.41 Å². The molecule has 0 spiro atoms. The van der Waals surface area contributed by atoms with E-state index in [1.165, 1.54) is 6.21 Å². The van der Waals surface area contributed by atoms with Crippen molar-refractivity contribution in [3.63, 3.8) is 0 Å². The van der Waals surface area contributed by atoms with Crippen molar-refractivity contribution in [3.05, 3.63) is 90.0 Å². The Kier molecular flexibility index (Phi) is 7.82. The minimum atomic E-state index is -3.31. The molecule has 1 atom stereocenters. The predicted octanol–water partition coefficient (Wildman–Crippen LogP) is 7.03. The average molecular weight is 633 g/mol. The Hall–Kier alpha value is -1.57. The zero-order valence-corrected chi connectivity index (χ0v) is 23.3. The van der Waals surface area contributed by atoms with Crippen LogP contribution in [0.15, 0.2) is 78.9 Å².